The van der Waals surface area contributed by atoms with Crippen LogP contribution in [0.2, 0.25) is 5.02 Å². The number of benzene rings is 1. The van der Waals surface area contributed by atoms with Crippen molar-refractivity contribution in [3.63, 3.8) is 0 Å². The molecular formula is C23H32ClN5O2. The number of carbonyl (C=O) groups excluding carboxylic acids is 1. The Balaban J connectivity index is 1.52. The Hall–Kier alpha value is -1.96. The van der Waals surface area contributed by atoms with Gasteiger partial charge in [-0.15, -0.1) is 0 Å². The first-order valence-corrected chi connectivity index (χ1v) is 11.8. The van der Waals surface area contributed by atoms with Crippen LogP contribution in [-0.4, -0.2) is 72.8 Å². The number of hydrogen-bond donors (Lipinski definition) is 1. The number of hydrogen-bond acceptors (Lipinski definition) is 6. The van der Waals surface area contributed by atoms with Gasteiger partial charge in [0.05, 0.1) is 18.7 Å². The largest absolute Gasteiger partial charge is 0.379 e. The molecule has 4 rings (SSSR count). The van der Waals surface area contributed by atoms with Crippen molar-refractivity contribution >= 4 is 34.2 Å². The molecule has 0 spiro atoms. The summed E-state index contributed by atoms with van der Waals surface area (Å²) in [5.74, 6) is 1.82. The topological polar surface area (TPSA) is 70.6 Å². The van der Waals surface area contributed by atoms with Crippen molar-refractivity contribution in [2.75, 3.05) is 50.8 Å². The molecule has 168 valence electrons. The SMILES string of the molecule is CCc1nc(N(CCCN2CCOCC2)CCC(=O)NC2CC2)c2ccc(Cl)cc2n1. The van der Waals surface area contributed by atoms with Crippen LogP contribution in [0.25, 0.3) is 10.9 Å². The van der Waals surface area contributed by atoms with Gasteiger partial charge in [-0.1, -0.05) is 18.5 Å². The second-order valence-electron chi connectivity index (χ2n) is 8.36. The maximum absolute atomic E-state index is 12.4. The third-order valence-electron chi connectivity index (χ3n) is 5.86. The number of aromatic nitrogens is 2. The number of nitrogens with one attached hydrogen (secondary N) is 1. The molecule has 1 aromatic carbocycles. The summed E-state index contributed by atoms with van der Waals surface area (Å²) >= 11 is 6.23. The number of aryl methyl sites for hydroxylation is 1. The highest BCUT2D eigenvalue weighted by atomic mass is 35.5. The van der Waals surface area contributed by atoms with Crippen LogP contribution in [0.4, 0.5) is 5.82 Å². The van der Waals surface area contributed by atoms with Gasteiger partial charge in [0.15, 0.2) is 0 Å². The lowest BCUT2D eigenvalue weighted by Gasteiger charge is -2.29. The molecule has 0 unspecified atom stereocenters. The van der Waals surface area contributed by atoms with Crippen LogP contribution < -0.4 is 10.2 Å². The van der Waals surface area contributed by atoms with Crippen LogP contribution in [0.5, 0.6) is 0 Å². The number of fused-ring (bicyclic) bond motifs is 1. The minimum absolute atomic E-state index is 0.123. The second kappa shape index (κ2) is 10.6. The van der Waals surface area contributed by atoms with Crippen molar-refractivity contribution < 1.29 is 9.53 Å². The van der Waals surface area contributed by atoms with Crippen molar-refractivity contribution in [2.24, 2.45) is 0 Å². The molecule has 8 heteroatoms. The molecule has 1 saturated heterocycles. The molecule has 1 aliphatic heterocycles. The highest BCUT2D eigenvalue weighted by molar-refractivity contribution is 6.31. The fourth-order valence-electron chi connectivity index (χ4n) is 3.93. The summed E-state index contributed by atoms with van der Waals surface area (Å²) in [4.78, 5) is 26.6. The number of ether oxygens (including phenoxy) is 1. The summed E-state index contributed by atoms with van der Waals surface area (Å²) in [5.41, 5.74) is 0.856. The lowest BCUT2D eigenvalue weighted by Crippen LogP contribution is -2.39. The first-order chi connectivity index (χ1) is 15.1. The Labute approximate surface area is 189 Å². The van der Waals surface area contributed by atoms with E-state index in [1.54, 1.807) is 0 Å². The average Bonchev–Trinajstić information content (AvgIpc) is 3.59. The van der Waals surface area contributed by atoms with Gasteiger partial charge in [-0.25, -0.2) is 9.97 Å². The van der Waals surface area contributed by atoms with Crippen LogP contribution >= 0.6 is 11.6 Å². The zero-order valence-corrected chi connectivity index (χ0v) is 19.0. The van der Waals surface area contributed by atoms with Crippen molar-refractivity contribution in [1.29, 1.82) is 0 Å². The Morgan fingerprint density at radius 3 is 2.81 bits per heavy atom. The number of carbonyl (C=O) groups is 1. The Morgan fingerprint density at radius 2 is 2.06 bits per heavy atom. The molecule has 0 radical (unpaired) electrons. The van der Waals surface area contributed by atoms with Gasteiger partial charge in [0.1, 0.15) is 11.6 Å². The number of nitrogens with zero attached hydrogens (tertiary/aromatic N) is 4. The summed E-state index contributed by atoms with van der Waals surface area (Å²) in [5, 5.41) is 4.75. The van der Waals surface area contributed by atoms with Crippen molar-refractivity contribution in [3.05, 3.63) is 29.0 Å². The number of morpholine rings is 1. The summed E-state index contributed by atoms with van der Waals surface area (Å²) < 4.78 is 5.46. The van der Waals surface area contributed by atoms with Gasteiger partial charge in [-0.05, 0) is 37.5 Å². The van der Waals surface area contributed by atoms with E-state index in [0.717, 1.165) is 87.6 Å². The van der Waals surface area contributed by atoms with Gasteiger partial charge < -0.3 is 15.0 Å². The molecule has 1 amide bonds. The van der Waals surface area contributed by atoms with Gasteiger partial charge in [-0.2, -0.15) is 0 Å². The van der Waals surface area contributed by atoms with E-state index >= 15 is 0 Å². The number of anilines is 1. The summed E-state index contributed by atoms with van der Waals surface area (Å²) in [6, 6.07) is 6.16. The van der Waals surface area contributed by atoms with E-state index in [0.29, 0.717) is 24.0 Å². The highest BCUT2D eigenvalue weighted by Gasteiger charge is 2.24. The molecule has 2 aromatic rings. The molecule has 1 aliphatic carbocycles. The van der Waals surface area contributed by atoms with Crippen molar-refractivity contribution in [1.82, 2.24) is 20.2 Å². The van der Waals surface area contributed by atoms with Gasteiger partial charge in [-0.3, -0.25) is 9.69 Å². The highest BCUT2D eigenvalue weighted by Crippen LogP contribution is 2.27. The Kier molecular flexibility index (Phi) is 7.58. The summed E-state index contributed by atoms with van der Waals surface area (Å²) in [6.07, 6.45) is 4.43. The lowest BCUT2D eigenvalue weighted by atomic mass is 10.2. The predicted molar refractivity (Wildman–Crippen MR) is 124 cm³/mol. The van der Waals surface area contributed by atoms with Gasteiger partial charge in [0.25, 0.3) is 0 Å². The minimum Gasteiger partial charge on any atom is -0.379 e. The third-order valence-corrected chi connectivity index (χ3v) is 6.09. The molecule has 0 bridgehead atoms. The van der Waals surface area contributed by atoms with Gasteiger partial charge in [0, 0.05) is 62.0 Å². The molecule has 1 aromatic heterocycles. The normalized spacial score (nSPS) is 17.1. The Bertz CT molecular complexity index is 899. The first kappa shape index (κ1) is 22.2. The zero-order valence-electron chi connectivity index (χ0n) is 18.3. The van der Waals surface area contributed by atoms with E-state index in [9.17, 15) is 4.79 Å². The van der Waals surface area contributed by atoms with Crippen LogP contribution in [0, 0.1) is 0 Å². The summed E-state index contributed by atoms with van der Waals surface area (Å²) in [7, 11) is 0. The smallest absolute Gasteiger partial charge is 0.221 e. The predicted octanol–water partition coefficient (Wildman–Crippen LogP) is 3.04. The minimum atomic E-state index is 0.123. The standard InChI is InChI=1S/C23H32ClN5O2/c1-2-21-26-20-16-17(24)4-7-19(20)23(27-21)29(11-8-22(30)25-18-5-6-18)10-3-9-28-12-14-31-15-13-28/h4,7,16,18H,2-3,5-6,8-15H2,1H3,(H,25,30). The molecule has 1 N–H and O–H groups in total. The maximum Gasteiger partial charge on any atom is 0.221 e. The second-order valence-corrected chi connectivity index (χ2v) is 8.80. The molecule has 0 atom stereocenters. The lowest BCUT2D eigenvalue weighted by molar-refractivity contribution is -0.121. The molecular weight excluding hydrogens is 414 g/mol. The molecule has 7 nitrogen and oxygen atoms in total. The van der Waals surface area contributed by atoms with Crippen LogP contribution in [0.1, 0.15) is 38.4 Å². The van der Waals surface area contributed by atoms with Crippen LogP contribution in [0.3, 0.4) is 0 Å². The van der Waals surface area contributed by atoms with Crippen LogP contribution in [-0.2, 0) is 16.0 Å². The van der Waals surface area contributed by atoms with Gasteiger partial charge >= 0.3 is 0 Å². The van der Waals surface area contributed by atoms with E-state index < -0.39 is 0 Å². The maximum atomic E-state index is 12.4. The molecule has 31 heavy (non-hydrogen) atoms. The Morgan fingerprint density at radius 1 is 1.26 bits per heavy atom. The molecule has 2 fully saturated rings. The fraction of sp³-hybridized carbons (Fsp3) is 0.609. The quantitative estimate of drug-likeness (QED) is 0.606. The third kappa shape index (κ3) is 6.28. The monoisotopic (exact) mass is 445 g/mol. The van der Waals surface area contributed by atoms with Crippen molar-refractivity contribution in [2.45, 2.75) is 45.1 Å². The van der Waals surface area contributed by atoms with Gasteiger partial charge in [0.2, 0.25) is 5.91 Å². The fourth-order valence-corrected chi connectivity index (χ4v) is 4.10. The van der Waals surface area contributed by atoms with E-state index in [1.165, 1.54) is 0 Å². The number of rotatable bonds is 10. The summed E-state index contributed by atoms with van der Waals surface area (Å²) in [6.45, 7) is 8.14. The molecule has 1 saturated carbocycles. The van der Waals surface area contributed by atoms with Crippen molar-refractivity contribution in [3.8, 4) is 0 Å². The van der Waals surface area contributed by atoms with E-state index in [4.69, 9.17) is 21.3 Å². The van der Waals surface area contributed by atoms with Crippen LogP contribution in [0.15, 0.2) is 18.2 Å². The molecule has 2 aliphatic rings. The average molecular weight is 446 g/mol. The van der Waals surface area contributed by atoms with E-state index in [2.05, 4.69) is 27.0 Å². The number of halogens is 1. The number of amides is 1. The first-order valence-electron chi connectivity index (χ1n) is 11.4. The molecule has 2 heterocycles. The van der Waals surface area contributed by atoms with E-state index in [1.807, 2.05) is 18.2 Å². The van der Waals surface area contributed by atoms with E-state index in [-0.39, 0.29) is 5.91 Å². The zero-order chi connectivity index (χ0) is 21.6.